The Bertz CT molecular complexity index is 967. The molecule has 0 saturated carbocycles. The molecule has 0 aliphatic heterocycles. The molecular weight excluding hydrogens is 683 g/mol. The van der Waals surface area contributed by atoms with Gasteiger partial charge in [-0.1, -0.05) is 147 Å². The number of unbranched alkanes of at least 4 members (excludes halogenated alkanes) is 18. The molecule has 0 saturated heterocycles. The lowest BCUT2D eigenvalue weighted by Gasteiger charge is -2.20. The Hall–Kier alpha value is -1.81. The van der Waals surface area contributed by atoms with Crippen molar-refractivity contribution in [1.29, 1.82) is 0 Å². The SMILES string of the molecule is CCCCC/C=C\C/C=C\C/C=C\CCCCC(=O)OC[C@H](COP(=O)(O)OC[C@@H](O)CO)OC(=O)CCCCCCCCCCCCCCCC. The maximum absolute atomic E-state index is 12.6. The molecule has 1 unspecified atom stereocenters. The third-order valence-electron chi connectivity index (χ3n) is 8.55. The lowest BCUT2D eigenvalue weighted by molar-refractivity contribution is -0.161. The number of carbonyl (C=O) groups is 2. The van der Waals surface area contributed by atoms with E-state index in [4.69, 9.17) is 19.1 Å². The molecule has 304 valence electrons. The van der Waals surface area contributed by atoms with Gasteiger partial charge in [0, 0.05) is 12.8 Å². The van der Waals surface area contributed by atoms with E-state index in [9.17, 15) is 24.2 Å². The minimum Gasteiger partial charge on any atom is -0.462 e. The van der Waals surface area contributed by atoms with Gasteiger partial charge < -0.3 is 24.6 Å². The minimum absolute atomic E-state index is 0.179. The van der Waals surface area contributed by atoms with E-state index in [-0.39, 0.29) is 19.4 Å². The smallest absolute Gasteiger partial charge is 0.462 e. The fraction of sp³-hybridized carbons (Fsp3) is 0.805. The van der Waals surface area contributed by atoms with Crippen LogP contribution in [0.25, 0.3) is 0 Å². The van der Waals surface area contributed by atoms with Gasteiger partial charge in [0.05, 0.1) is 19.8 Å². The second-order valence-electron chi connectivity index (χ2n) is 13.7. The number of phosphoric ester groups is 1. The van der Waals surface area contributed by atoms with Crippen LogP contribution in [0.5, 0.6) is 0 Å². The first-order valence-corrected chi connectivity index (χ1v) is 21.9. The molecule has 0 aromatic heterocycles. The van der Waals surface area contributed by atoms with E-state index < -0.39 is 51.8 Å². The van der Waals surface area contributed by atoms with Crippen molar-refractivity contribution in [1.82, 2.24) is 0 Å². The summed E-state index contributed by atoms with van der Waals surface area (Å²) in [6, 6.07) is 0. The molecule has 0 aliphatic rings. The first-order chi connectivity index (χ1) is 25.2. The molecule has 10 nitrogen and oxygen atoms in total. The van der Waals surface area contributed by atoms with Crippen LogP contribution in [-0.4, -0.2) is 65.7 Å². The number of esters is 2. The Morgan fingerprint density at radius 1 is 0.577 bits per heavy atom. The molecule has 0 bridgehead atoms. The van der Waals surface area contributed by atoms with Gasteiger partial charge >= 0.3 is 19.8 Å². The molecule has 11 heteroatoms. The van der Waals surface area contributed by atoms with E-state index in [0.29, 0.717) is 12.8 Å². The lowest BCUT2D eigenvalue weighted by Crippen LogP contribution is -2.29. The Labute approximate surface area is 316 Å². The fourth-order valence-electron chi connectivity index (χ4n) is 5.35. The van der Waals surface area contributed by atoms with Crippen molar-refractivity contribution in [3.05, 3.63) is 36.5 Å². The second-order valence-corrected chi connectivity index (χ2v) is 15.1. The van der Waals surface area contributed by atoms with Crippen molar-refractivity contribution in [2.45, 2.75) is 187 Å². The predicted octanol–water partition coefficient (Wildman–Crippen LogP) is 10.4. The summed E-state index contributed by atoms with van der Waals surface area (Å²) < 4.78 is 32.6. The van der Waals surface area contributed by atoms with Crippen LogP contribution in [0.15, 0.2) is 36.5 Å². The normalized spacial score (nSPS) is 14.3. The molecule has 0 heterocycles. The van der Waals surface area contributed by atoms with Gasteiger partial charge in [0.2, 0.25) is 0 Å². The number of ether oxygens (including phenoxy) is 2. The van der Waals surface area contributed by atoms with Crippen molar-refractivity contribution < 1.29 is 47.8 Å². The number of aliphatic hydroxyl groups excluding tert-OH is 2. The molecule has 0 rings (SSSR count). The predicted molar refractivity (Wildman–Crippen MR) is 210 cm³/mol. The van der Waals surface area contributed by atoms with Crippen LogP contribution in [0.2, 0.25) is 0 Å². The summed E-state index contributed by atoms with van der Waals surface area (Å²) in [6.07, 6.45) is 36.8. The molecule has 0 amide bonds. The van der Waals surface area contributed by atoms with Gasteiger partial charge in [-0.15, -0.1) is 0 Å². The maximum atomic E-state index is 12.6. The average Bonchev–Trinajstić information content (AvgIpc) is 3.13. The first kappa shape index (κ1) is 50.2. The van der Waals surface area contributed by atoms with Crippen molar-refractivity contribution >= 4 is 19.8 Å². The molecule has 0 aliphatic carbocycles. The molecule has 3 atom stereocenters. The summed E-state index contributed by atoms with van der Waals surface area (Å²) in [4.78, 5) is 34.9. The summed E-state index contributed by atoms with van der Waals surface area (Å²) in [6.45, 7) is 2.30. The summed E-state index contributed by atoms with van der Waals surface area (Å²) in [7, 11) is -4.62. The van der Waals surface area contributed by atoms with Crippen molar-refractivity contribution in [3.63, 3.8) is 0 Å². The van der Waals surface area contributed by atoms with E-state index >= 15 is 0 Å². The summed E-state index contributed by atoms with van der Waals surface area (Å²) in [5.74, 6) is -0.967. The van der Waals surface area contributed by atoms with Gasteiger partial charge in [-0.25, -0.2) is 4.57 Å². The largest absolute Gasteiger partial charge is 0.472 e. The number of aliphatic hydroxyl groups is 2. The van der Waals surface area contributed by atoms with E-state index in [0.717, 1.165) is 51.4 Å². The molecule has 0 spiro atoms. The van der Waals surface area contributed by atoms with Crippen LogP contribution in [0.4, 0.5) is 0 Å². The minimum atomic E-state index is -4.62. The van der Waals surface area contributed by atoms with Crippen molar-refractivity contribution in [2.24, 2.45) is 0 Å². The van der Waals surface area contributed by atoms with Crippen LogP contribution in [0.3, 0.4) is 0 Å². The van der Waals surface area contributed by atoms with Gasteiger partial charge in [-0.2, -0.15) is 0 Å². The van der Waals surface area contributed by atoms with Gasteiger partial charge in [0.15, 0.2) is 6.10 Å². The molecule has 0 fully saturated rings. The Kier molecular flexibility index (Phi) is 36.2. The Balaban J connectivity index is 4.39. The van der Waals surface area contributed by atoms with E-state index in [2.05, 4.69) is 54.8 Å². The third kappa shape index (κ3) is 36.5. The maximum Gasteiger partial charge on any atom is 0.472 e. The zero-order valence-electron chi connectivity index (χ0n) is 32.8. The number of phosphoric acid groups is 1. The summed E-state index contributed by atoms with van der Waals surface area (Å²) >= 11 is 0. The number of allylic oxidation sites excluding steroid dienone is 6. The standard InChI is InChI=1S/C41H75O10P/c1-3-5-7-9-11-13-15-17-19-21-22-24-26-28-30-32-40(44)48-36-39(37-50-52(46,47)49-35-38(43)34-42)51-41(45)33-31-29-27-25-23-20-18-16-14-12-10-8-6-4-2/h11,13,17,19,22,24,38-39,42-43H,3-10,12,14-16,18,20-21,23,25-37H2,1-2H3,(H,46,47)/b13-11-,19-17-,24-22-/t38-,39+/m0/s1. The van der Waals surface area contributed by atoms with Crippen molar-refractivity contribution in [3.8, 4) is 0 Å². The Morgan fingerprint density at radius 2 is 1.00 bits per heavy atom. The molecule has 0 radical (unpaired) electrons. The van der Waals surface area contributed by atoms with Crippen LogP contribution < -0.4 is 0 Å². The first-order valence-electron chi connectivity index (χ1n) is 20.4. The van der Waals surface area contributed by atoms with Gasteiger partial charge in [0.25, 0.3) is 0 Å². The number of rotatable bonds is 38. The third-order valence-corrected chi connectivity index (χ3v) is 9.50. The average molecular weight is 759 g/mol. The van der Waals surface area contributed by atoms with E-state index in [1.54, 1.807) is 0 Å². The highest BCUT2D eigenvalue weighted by atomic mass is 31.2. The monoisotopic (exact) mass is 759 g/mol. The second kappa shape index (κ2) is 37.5. The molecule has 0 aromatic carbocycles. The van der Waals surface area contributed by atoms with Crippen molar-refractivity contribution in [2.75, 3.05) is 26.4 Å². The summed E-state index contributed by atoms with van der Waals surface area (Å²) in [5, 5.41) is 18.3. The number of hydrogen-bond acceptors (Lipinski definition) is 9. The quantitative estimate of drug-likeness (QED) is 0.0240. The number of carbonyl (C=O) groups excluding carboxylic acids is 2. The van der Waals surface area contributed by atoms with Crippen LogP contribution in [-0.2, 0) is 32.7 Å². The highest BCUT2D eigenvalue weighted by Crippen LogP contribution is 2.43. The fourth-order valence-corrected chi connectivity index (χ4v) is 6.14. The van der Waals surface area contributed by atoms with E-state index in [1.165, 1.54) is 83.5 Å². The van der Waals surface area contributed by atoms with Gasteiger partial charge in [-0.3, -0.25) is 18.6 Å². The molecule has 0 aromatic rings. The molecule has 52 heavy (non-hydrogen) atoms. The number of hydrogen-bond donors (Lipinski definition) is 3. The zero-order valence-corrected chi connectivity index (χ0v) is 33.7. The van der Waals surface area contributed by atoms with Gasteiger partial charge in [0.1, 0.15) is 12.7 Å². The van der Waals surface area contributed by atoms with E-state index in [1.807, 2.05) is 0 Å². The van der Waals surface area contributed by atoms with Gasteiger partial charge in [-0.05, 0) is 51.4 Å². The molecule has 3 N–H and O–H groups in total. The topological polar surface area (TPSA) is 149 Å². The lowest BCUT2D eigenvalue weighted by atomic mass is 10.0. The highest BCUT2D eigenvalue weighted by molar-refractivity contribution is 7.47. The van der Waals surface area contributed by atoms with Crippen LogP contribution in [0, 0.1) is 0 Å². The Morgan fingerprint density at radius 3 is 1.54 bits per heavy atom. The summed E-state index contributed by atoms with van der Waals surface area (Å²) in [5.41, 5.74) is 0. The zero-order chi connectivity index (χ0) is 38.4. The highest BCUT2D eigenvalue weighted by Gasteiger charge is 2.27. The van der Waals surface area contributed by atoms with Crippen LogP contribution >= 0.6 is 7.82 Å². The molecular formula is C41H75O10P. The van der Waals surface area contributed by atoms with Crippen LogP contribution in [0.1, 0.15) is 174 Å².